The first-order valence-corrected chi connectivity index (χ1v) is 9.33. The lowest BCUT2D eigenvalue weighted by atomic mass is 10.1. The second-order valence-corrected chi connectivity index (χ2v) is 7.05. The number of piperazine rings is 1. The number of carbonyl (C=O) groups is 1. The number of anilines is 1. The number of nitrogens with zero attached hydrogens (tertiary/aromatic N) is 3. The standard InChI is InChI=1S/C19H29FN4O/c1-3-22-8-10-23(11-9-22)18-5-4-16(12-17(18)20)19(25)24-7-6-15(14-24)13-21-2/h4-5,12,15,21H,3,6-11,13-14H2,1-2H3. The topological polar surface area (TPSA) is 38.8 Å². The van der Waals surface area contributed by atoms with Crippen molar-refractivity contribution in [1.29, 1.82) is 0 Å². The van der Waals surface area contributed by atoms with Crippen LogP contribution in [0.2, 0.25) is 0 Å². The van der Waals surface area contributed by atoms with Crippen molar-refractivity contribution in [2.45, 2.75) is 13.3 Å². The van der Waals surface area contributed by atoms with Crippen molar-refractivity contribution in [1.82, 2.24) is 15.1 Å². The Morgan fingerprint density at radius 1 is 1.24 bits per heavy atom. The Hall–Kier alpha value is -1.66. The first-order valence-electron chi connectivity index (χ1n) is 9.33. The number of benzene rings is 1. The Bertz CT molecular complexity index is 601. The third-order valence-electron chi connectivity index (χ3n) is 5.42. The van der Waals surface area contributed by atoms with Gasteiger partial charge in [-0.2, -0.15) is 0 Å². The van der Waals surface area contributed by atoms with E-state index in [2.05, 4.69) is 22.0 Å². The second-order valence-electron chi connectivity index (χ2n) is 7.05. The largest absolute Gasteiger partial charge is 0.367 e. The fourth-order valence-electron chi connectivity index (χ4n) is 3.86. The number of hydrogen-bond acceptors (Lipinski definition) is 4. The Morgan fingerprint density at radius 3 is 2.64 bits per heavy atom. The van der Waals surface area contributed by atoms with Crippen LogP contribution in [0.1, 0.15) is 23.7 Å². The van der Waals surface area contributed by atoms with Crippen LogP contribution in [0.5, 0.6) is 0 Å². The molecule has 2 aliphatic rings. The first-order chi connectivity index (χ1) is 12.1. The molecule has 25 heavy (non-hydrogen) atoms. The Morgan fingerprint density at radius 2 is 2.00 bits per heavy atom. The van der Waals surface area contributed by atoms with Gasteiger partial charge in [0, 0.05) is 44.8 Å². The maximum atomic E-state index is 14.6. The van der Waals surface area contributed by atoms with Crippen LogP contribution in [0, 0.1) is 11.7 Å². The van der Waals surface area contributed by atoms with E-state index in [0.717, 1.165) is 58.8 Å². The van der Waals surface area contributed by atoms with Gasteiger partial charge >= 0.3 is 0 Å². The molecule has 138 valence electrons. The Labute approximate surface area is 149 Å². The molecule has 1 aromatic rings. The summed E-state index contributed by atoms with van der Waals surface area (Å²) in [6.45, 7) is 9.18. The number of likely N-dealkylation sites (N-methyl/N-ethyl adjacent to an activating group) is 1. The molecule has 1 amide bonds. The van der Waals surface area contributed by atoms with Crippen LogP contribution in [0.15, 0.2) is 18.2 Å². The van der Waals surface area contributed by atoms with Crippen molar-refractivity contribution >= 4 is 11.6 Å². The summed E-state index contributed by atoms with van der Waals surface area (Å²) in [6.07, 6.45) is 1.01. The number of likely N-dealkylation sites (tertiary alicyclic amines) is 1. The Balaban J connectivity index is 1.65. The quantitative estimate of drug-likeness (QED) is 0.878. The molecule has 6 heteroatoms. The molecule has 0 aliphatic carbocycles. The first kappa shape index (κ1) is 18.1. The van der Waals surface area contributed by atoms with E-state index < -0.39 is 0 Å². The smallest absolute Gasteiger partial charge is 0.253 e. The summed E-state index contributed by atoms with van der Waals surface area (Å²) in [5, 5.41) is 3.16. The van der Waals surface area contributed by atoms with Gasteiger partial charge in [-0.15, -0.1) is 0 Å². The molecule has 1 N–H and O–H groups in total. The second kappa shape index (κ2) is 8.15. The van der Waals surface area contributed by atoms with Gasteiger partial charge in [0.25, 0.3) is 5.91 Å². The summed E-state index contributed by atoms with van der Waals surface area (Å²) in [7, 11) is 1.93. The summed E-state index contributed by atoms with van der Waals surface area (Å²) in [5.74, 6) is 0.148. The zero-order valence-electron chi connectivity index (χ0n) is 15.3. The molecule has 3 rings (SSSR count). The number of rotatable bonds is 5. The highest BCUT2D eigenvalue weighted by Gasteiger charge is 2.27. The van der Waals surface area contributed by atoms with Gasteiger partial charge in [-0.25, -0.2) is 4.39 Å². The van der Waals surface area contributed by atoms with Crippen molar-refractivity contribution in [3.05, 3.63) is 29.6 Å². The van der Waals surface area contributed by atoms with Crippen molar-refractivity contribution in [2.24, 2.45) is 5.92 Å². The van der Waals surface area contributed by atoms with Crippen LogP contribution in [0.4, 0.5) is 10.1 Å². The maximum absolute atomic E-state index is 14.6. The number of carbonyl (C=O) groups excluding carboxylic acids is 1. The minimum atomic E-state index is -0.290. The normalized spacial score (nSPS) is 21.8. The van der Waals surface area contributed by atoms with Gasteiger partial charge in [-0.05, 0) is 50.7 Å². The molecule has 1 atom stereocenters. The van der Waals surface area contributed by atoms with E-state index in [1.807, 2.05) is 11.9 Å². The number of amides is 1. The van der Waals surface area contributed by atoms with E-state index in [4.69, 9.17) is 0 Å². The van der Waals surface area contributed by atoms with Crippen LogP contribution >= 0.6 is 0 Å². The Kier molecular flexibility index (Phi) is 5.91. The van der Waals surface area contributed by atoms with Crippen molar-refractivity contribution in [2.75, 3.05) is 64.3 Å². The van der Waals surface area contributed by atoms with E-state index in [9.17, 15) is 9.18 Å². The van der Waals surface area contributed by atoms with Crippen molar-refractivity contribution < 1.29 is 9.18 Å². The van der Waals surface area contributed by atoms with Gasteiger partial charge in [-0.1, -0.05) is 6.92 Å². The fourth-order valence-corrected chi connectivity index (χ4v) is 3.86. The molecule has 1 aromatic carbocycles. The van der Waals surface area contributed by atoms with Gasteiger partial charge < -0.3 is 20.0 Å². The number of halogens is 1. The zero-order valence-corrected chi connectivity index (χ0v) is 15.3. The highest BCUT2D eigenvalue weighted by molar-refractivity contribution is 5.94. The molecule has 2 saturated heterocycles. The van der Waals surface area contributed by atoms with Crippen molar-refractivity contribution in [3.8, 4) is 0 Å². The summed E-state index contributed by atoms with van der Waals surface area (Å²) in [6, 6.07) is 4.96. The molecule has 0 spiro atoms. The van der Waals surface area contributed by atoms with Gasteiger partial charge in [0.1, 0.15) is 5.82 Å². The number of nitrogens with one attached hydrogen (secondary N) is 1. The van der Waals surface area contributed by atoms with Crippen LogP contribution in [0.3, 0.4) is 0 Å². The van der Waals surface area contributed by atoms with Crippen LogP contribution < -0.4 is 10.2 Å². The van der Waals surface area contributed by atoms with Gasteiger partial charge in [0.05, 0.1) is 5.69 Å². The summed E-state index contributed by atoms with van der Waals surface area (Å²) >= 11 is 0. The summed E-state index contributed by atoms with van der Waals surface area (Å²) in [5.41, 5.74) is 1.07. The molecule has 0 aromatic heterocycles. The van der Waals surface area contributed by atoms with Gasteiger partial charge in [0.15, 0.2) is 0 Å². The monoisotopic (exact) mass is 348 g/mol. The van der Waals surface area contributed by atoms with Crippen LogP contribution in [-0.4, -0.2) is 75.1 Å². The third kappa shape index (κ3) is 4.12. The van der Waals surface area contributed by atoms with Crippen LogP contribution in [-0.2, 0) is 0 Å². The fraction of sp³-hybridized carbons (Fsp3) is 0.632. The summed E-state index contributed by atoms with van der Waals surface area (Å²) in [4.78, 5) is 18.9. The lowest BCUT2D eigenvalue weighted by Gasteiger charge is -2.35. The highest BCUT2D eigenvalue weighted by Crippen LogP contribution is 2.24. The van der Waals surface area contributed by atoms with Gasteiger partial charge in [0.2, 0.25) is 0 Å². The molecule has 2 fully saturated rings. The summed E-state index contributed by atoms with van der Waals surface area (Å²) < 4.78 is 14.6. The number of hydrogen-bond donors (Lipinski definition) is 1. The molecule has 0 bridgehead atoms. The van der Waals surface area contributed by atoms with Gasteiger partial charge in [-0.3, -0.25) is 4.79 Å². The van der Waals surface area contributed by atoms with E-state index >= 15 is 0 Å². The zero-order chi connectivity index (χ0) is 17.8. The maximum Gasteiger partial charge on any atom is 0.253 e. The highest BCUT2D eigenvalue weighted by atomic mass is 19.1. The molecule has 1 unspecified atom stereocenters. The van der Waals surface area contributed by atoms with E-state index in [1.54, 1.807) is 12.1 Å². The lowest BCUT2D eigenvalue weighted by molar-refractivity contribution is 0.0786. The predicted molar refractivity (Wildman–Crippen MR) is 98.7 cm³/mol. The van der Waals surface area contributed by atoms with Crippen molar-refractivity contribution in [3.63, 3.8) is 0 Å². The molecule has 0 saturated carbocycles. The van der Waals surface area contributed by atoms with E-state index in [-0.39, 0.29) is 11.7 Å². The minimum Gasteiger partial charge on any atom is -0.367 e. The molecule has 2 aliphatic heterocycles. The molecule has 5 nitrogen and oxygen atoms in total. The predicted octanol–water partition coefficient (Wildman–Crippen LogP) is 1.65. The SMILES string of the molecule is CCN1CCN(c2ccc(C(=O)N3CCC(CNC)C3)cc2F)CC1. The van der Waals surface area contributed by atoms with Crippen LogP contribution in [0.25, 0.3) is 0 Å². The molecule has 0 radical (unpaired) electrons. The minimum absolute atomic E-state index is 0.0557. The molecular weight excluding hydrogens is 319 g/mol. The average molecular weight is 348 g/mol. The average Bonchev–Trinajstić information content (AvgIpc) is 3.10. The molecular formula is C19H29FN4O. The lowest BCUT2D eigenvalue weighted by Crippen LogP contribution is -2.46. The third-order valence-corrected chi connectivity index (χ3v) is 5.42. The van der Waals surface area contributed by atoms with E-state index in [0.29, 0.717) is 17.2 Å². The van der Waals surface area contributed by atoms with E-state index in [1.165, 1.54) is 6.07 Å². The molecule has 2 heterocycles.